The quantitative estimate of drug-likeness (QED) is 0.477. The maximum Gasteiger partial charge on any atom is 0.191 e. The summed E-state index contributed by atoms with van der Waals surface area (Å²) in [5.41, 5.74) is 2.70. The Balaban J connectivity index is 1.79. The van der Waals surface area contributed by atoms with Crippen molar-refractivity contribution in [1.29, 1.82) is 0 Å². The predicted molar refractivity (Wildman–Crippen MR) is 86.4 cm³/mol. The molecule has 2 heterocycles. The van der Waals surface area contributed by atoms with Crippen LogP contribution in [0.4, 0.5) is 0 Å². The minimum absolute atomic E-state index is 0.701. The highest BCUT2D eigenvalue weighted by Gasteiger charge is 2.04. The monoisotopic (exact) mass is 290 g/mol. The summed E-state index contributed by atoms with van der Waals surface area (Å²) in [6.07, 6.45) is 8.44. The minimum atomic E-state index is 0.701. The topological polar surface area (TPSA) is 50.6 Å². The normalized spacial score (nSPS) is 15.7. The van der Waals surface area contributed by atoms with Crippen LogP contribution in [-0.2, 0) is 18.3 Å². The van der Waals surface area contributed by atoms with Crippen molar-refractivity contribution in [3.8, 4) is 0 Å². The third-order valence-electron chi connectivity index (χ3n) is 3.45. The zero-order chi connectivity index (χ0) is 14.9. The Hall–Kier alpha value is -1.75. The molecule has 2 rings (SSSR count). The lowest BCUT2D eigenvalue weighted by Crippen LogP contribution is -2.37. The van der Waals surface area contributed by atoms with Crippen molar-refractivity contribution in [2.45, 2.75) is 26.3 Å². The molecule has 1 aliphatic heterocycles. The number of aryl methyl sites for hydroxylation is 1. The summed E-state index contributed by atoms with van der Waals surface area (Å²) in [6.45, 7) is 6.18. The van der Waals surface area contributed by atoms with E-state index < -0.39 is 0 Å². The Morgan fingerprint density at radius 1 is 1.43 bits per heavy atom. The van der Waals surface area contributed by atoms with Crippen molar-refractivity contribution in [2.24, 2.45) is 12.0 Å². The van der Waals surface area contributed by atoms with Gasteiger partial charge < -0.3 is 19.9 Å². The van der Waals surface area contributed by atoms with E-state index in [9.17, 15) is 0 Å². The molecule has 0 amide bonds. The Labute approximate surface area is 127 Å². The fourth-order valence-electron chi connectivity index (χ4n) is 2.30. The Bertz CT molecular complexity index is 490. The highest BCUT2D eigenvalue weighted by atomic mass is 16.5. The Morgan fingerprint density at radius 3 is 3.00 bits per heavy atom. The van der Waals surface area contributed by atoms with E-state index in [1.165, 1.54) is 11.1 Å². The van der Waals surface area contributed by atoms with Crippen molar-refractivity contribution in [2.75, 3.05) is 26.3 Å². The van der Waals surface area contributed by atoms with Crippen molar-refractivity contribution in [1.82, 2.24) is 15.2 Å². The lowest BCUT2D eigenvalue weighted by Gasteiger charge is -2.15. The van der Waals surface area contributed by atoms with Crippen LogP contribution < -0.4 is 10.6 Å². The van der Waals surface area contributed by atoms with Crippen LogP contribution in [0.5, 0.6) is 0 Å². The SMILES string of the molecule is CCNC(=NCc1ccn(C)c1)NCCC1=CCOCC1. The number of hydrogen-bond donors (Lipinski definition) is 2. The molecule has 0 atom stereocenters. The van der Waals surface area contributed by atoms with Crippen molar-refractivity contribution in [3.63, 3.8) is 0 Å². The molecule has 1 aliphatic rings. The van der Waals surface area contributed by atoms with Gasteiger partial charge in [0, 0.05) is 32.5 Å². The molecule has 0 aliphatic carbocycles. The highest BCUT2D eigenvalue weighted by molar-refractivity contribution is 5.79. The van der Waals surface area contributed by atoms with Crippen LogP contribution in [-0.4, -0.2) is 36.8 Å². The molecule has 1 aromatic rings. The van der Waals surface area contributed by atoms with E-state index in [1.807, 2.05) is 17.8 Å². The molecular weight excluding hydrogens is 264 g/mol. The second-order valence-corrected chi connectivity index (χ2v) is 5.24. The molecule has 1 aromatic heterocycles. The summed E-state index contributed by atoms with van der Waals surface area (Å²) in [5.74, 6) is 0.883. The third-order valence-corrected chi connectivity index (χ3v) is 3.45. The minimum Gasteiger partial charge on any atom is -0.377 e. The fraction of sp³-hybridized carbons (Fsp3) is 0.562. The summed E-state index contributed by atoms with van der Waals surface area (Å²) in [4.78, 5) is 4.62. The first-order chi connectivity index (χ1) is 10.3. The molecule has 0 fully saturated rings. The van der Waals surface area contributed by atoms with Gasteiger partial charge in [0.05, 0.1) is 19.8 Å². The molecule has 116 valence electrons. The molecule has 0 radical (unpaired) electrons. The van der Waals surface area contributed by atoms with E-state index in [0.29, 0.717) is 6.54 Å². The van der Waals surface area contributed by atoms with Gasteiger partial charge in [0.2, 0.25) is 0 Å². The van der Waals surface area contributed by atoms with Crippen LogP contribution >= 0.6 is 0 Å². The van der Waals surface area contributed by atoms with Gasteiger partial charge in [0.15, 0.2) is 5.96 Å². The number of guanidine groups is 1. The molecular formula is C16H26N4O. The first-order valence-electron chi connectivity index (χ1n) is 7.66. The van der Waals surface area contributed by atoms with Gasteiger partial charge in [-0.1, -0.05) is 11.6 Å². The zero-order valence-corrected chi connectivity index (χ0v) is 13.1. The first-order valence-corrected chi connectivity index (χ1v) is 7.66. The largest absolute Gasteiger partial charge is 0.377 e. The van der Waals surface area contributed by atoms with E-state index in [4.69, 9.17) is 4.74 Å². The van der Waals surface area contributed by atoms with Gasteiger partial charge in [-0.05, 0) is 31.4 Å². The van der Waals surface area contributed by atoms with Gasteiger partial charge in [-0.3, -0.25) is 0 Å². The molecule has 0 unspecified atom stereocenters. The van der Waals surface area contributed by atoms with Gasteiger partial charge in [-0.25, -0.2) is 4.99 Å². The summed E-state index contributed by atoms with van der Waals surface area (Å²) in [5, 5.41) is 6.68. The molecule has 0 aromatic carbocycles. The Morgan fingerprint density at radius 2 is 2.33 bits per heavy atom. The van der Waals surface area contributed by atoms with Crippen LogP contribution in [0.2, 0.25) is 0 Å². The number of nitrogens with one attached hydrogen (secondary N) is 2. The van der Waals surface area contributed by atoms with Gasteiger partial charge >= 0.3 is 0 Å². The van der Waals surface area contributed by atoms with Crippen molar-refractivity contribution >= 4 is 5.96 Å². The van der Waals surface area contributed by atoms with Crippen LogP contribution in [0, 0.1) is 0 Å². The van der Waals surface area contributed by atoms with E-state index in [-0.39, 0.29) is 0 Å². The number of aromatic nitrogens is 1. The molecule has 5 heteroatoms. The van der Waals surface area contributed by atoms with Crippen molar-refractivity contribution in [3.05, 3.63) is 35.7 Å². The second kappa shape index (κ2) is 8.52. The molecule has 0 spiro atoms. The van der Waals surface area contributed by atoms with Gasteiger partial charge in [0.25, 0.3) is 0 Å². The van der Waals surface area contributed by atoms with E-state index in [1.54, 1.807) is 0 Å². The molecule has 5 nitrogen and oxygen atoms in total. The van der Waals surface area contributed by atoms with Gasteiger partial charge in [-0.15, -0.1) is 0 Å². The average molecular weight is 290 g/mol. The summed E-state index contributed by atoms with van der Waals surface area (Å²) < 4.78 is 7.36. The van der Waals surface area contributed by atoms with Crippen LogP contribution in [0.15, 0.2) is 35.1 Å². The highest BCUT2D eigenvalue weighted by Crippen LogP contribution is 2.10. The number of aliphatic imine (C=N–C) groups is 1. The van der Waals surface area contributed by atoms with Crippen LogP contribution in [0.1, 0.15) is 25.3 Å². The second-order valence-electron chi connectivity index (χ2n) is 5.24. The number of hydrogen-bond acceptors (Lipinski definition) is 2. The van der Waals surface area contributed by atoms with Crippen LogP contribution in [0.25, 0.3) is 0 Å². The van der Waals surface area contributed by atoms with Gasteiger partial charge in [0.1, 0.15) is 0 Å². The molecule has 0 bridgehead atoms. The van der Waals surface area contributed by atoms with E-state index >= 15 is 0 Å². The molecule has 0 saturated carbocycles. The smallest absolute Gasteiger partial charge is 0.191 e. The predicted octanol–water partition coefficient (Wildman–Crippen LogP) is 1.82. The number of rotatable bonds is 6. The summed E-state index contributed by atoms with van der Waals surface area (Å²) in [6, 6.07) is 2.10. The third kappa shape index (κ3) is 5.63. The zero-order valence-electron chi connectivity index (χ0n) is 13.1. The van der Waals surface area contributed by atoms with E-state index in [0.717, 1.165) is 45.1 Å². The van der Waals surface area contributed by atoms with Gasteiger partial charge in [-0.2, -0.15) is 0 Å². The lowest BCUT2D eigenvalue weighted by molar-refractivity contribution is 0.153. The average Bonchev–Trinajstić information content (AvgIpc) is 2.91. The fourth-order valence-corrected chi connectivity index (χ4v) is 2.30. The Kier molecular flexibility index (Phi) is 6.34. The first kappa shape index (κ1) is 15.6. The van der Waals surface area contributed by atoms with E-state index in [2.05, 4.69) is 40.9 Å². The lowest BCUT2D eigenvalue weighted by atomic mass is 10.1. The molecule has 2 N–H and O–H groups in total. The maximum atomic E-state index is 5.32. The number of ether oxygens (including phenoxy) is 1. The standard InChI is InChI=1S/C16H26N4O/c1-3-17-16(19-12-15-5-9-20(2)13-15)18-8-4-14-6-10-21-11-7-14/h5-6,9,13H,3-4,7-8,10-12H2,1-2H3,(H2,17,18,19). The number of nitrogens with zero attached hydrogens (tertiary/aromatic N) is 2. The summed E-state index contributed by atoms with van der Waals surface area (Å²) >= 11 is 0. The molecule has 0 saturated heterocycles. The summed E-state index contributed by atoms with van der Waals surface area (Å²) in [7, 11) is 2.03. The van der Waals surface area contributed by atoms with Crippen LogP contribution in [0.3, 0.4) is 0 Å². The van der Waals surface area contributed by atoms with Crippen molar-refractivity contribution < 1.29 is 4.74 Å². The molecule has 21 heavy (non-hydrogen) atoms. The maximum absolute atomic E-state index is 5.32.